The first kappa shape index (κ1) is 16.9. The van der Waals surface area contributed by atoms with E-state index in [1.807, 2.05) is 0 Å². The van der Waals surface area contributed by atoms with Crippen LogP contribution in [0, 0.1) is 6.92 Å². The van der Waals surface area contributed by atoms with Gasteiger partial charge in [0.1, 0.15) is 25.0 Å². The van der Waals surface area contributed by atoms with Crippen molar-refractivity contribution in [3.05, 3.63) is 32.6 Å². The number of esters is 2. The lowest BCUT2D eigenvalue weighted by atomic mass is 10.2. The summed E-state index contributed by atoms with van der Waals surface area (Å²) in [4.78, 5) is 48.6. The molecule has 1 saturated heterocycles. The van der Waals surface area contributed by atoms with E-state index in [1.165, 1.54) is 19.9 Å². The summed E-state index contributed by atoms with van der Waals surface area (Å²) in [5.74, 6) is -1.04. The lowest BCUT2D eigenvalue weighted by Gasteiger charge is -2.17. The molecule has 1 unspecified atom stereocenters. The number of hydrogen-bond donors (Lipinski definition) is 1. The standard InChI is InChI=1S/C14H18N2O7/c1-7-4-12(19)16(14(20)15-7)13-5-10(22-9(3)18)11(23-13)6-21-8(2)17/h4,10-11,13H,5-6H2,1-3H3,(H,15,20)/t10?,11-,13-/m1/s1. The van der Waals surface area contributed by atoms with E-state index in [9.17, 15) is 19.2 Å². The number of rotatable bonds is 4. The molecule has 2 rings (SSSR count). The maximum Gasteiger partial charge on any atom is 0.330 e. The third-order valence-electron chi connectivity index (χ3n) is 3.34. The Morgan fingerprint density at radius 1 is 1.35 bits per heavy atom. The molecule has 126 valence electrons. The number of aromatic nitrogens is 2. The molecule has 0 radical (unpaired) electrons. The summed E-state index contributed by atoms with van der Waals surface area (Å²) in [5, 5.41) is 0. The second kappa shape index (κ2) is 6.78. The van der Waals surface area contributed by atoms with E-state index in [0.29, 0.717) is 5.69 Å². The first-order valence-electron chi connectivity index (χ1n) is 7.06. The summed E-state index contributed by atoms with van der Waals surface area (Å²) in [5.41, 5.74) is -0.706. The molecule has 0 amide bonds. The lowest BCUT2D eigenvalue weighted by molar-refractivity contribution is -0.155. The Morgan fingerprint density at radius 2 is 2.04 bits per heavy atom. The van der Waals surface area contributed by atoms with Crippen molar-refractivity contribution in [2.45, 2.75) is 45.6 Å². The SMILES string of the molecule is CC(=O)OC[C@H]1O[C@@H](n2c(=O)cc(C)[nH]c2=O)CC1OC(C)=O. The second-order valence-electron chi connectivity index (χ2n) is 5.28. The highest BCUT2D eigenvalue weighted by Crippen LogP contribution is 2.29. The largest absolute Gasteiger partial charge is 0.463 e. The number of nitrogens with zero attached hydrogens (tertiary/aromatic N) is 1. The molecule has 0 bridgehead atoms. The summed E-state index contributed by atoms with van der Waals surface area (Å²) in [6.45, 7) is 3.93. The Hall–Kier alpha value is -2.42. The van der Waals surface area contributed by atoms with E-state index in [2.05, 4.69) is 4.98 Å². The normalized spacial score (nSPS) is 23.5. The molecule has 1 aromatic rings. The minimum Gasteiger partial charge on any atom is -0.463 e. The summed E-state index contributed by atoms with van der Waals surface area (Å²) in [6.07, 6.45) is -2.26. The van der Waals surface area contributed by atoms with Crippen LogP contribution in [-0.2, 0) is 23.8 Å². The van der Waals surface area contributed by atoms with Gasteiger partial charge in [0.2, 0.25) is 0 Å². The van der Waals surface area contributed by atoms with Crippen molar-refractivity contribution in [3.63, 3.8) is 0 Å². The first-order valence-corrected chi connectivity index (χ1v) is 7.06. The number of aromatic amines is 1. The molecular weight excluding hydrogens is 308 g/mol. The maximum absolute atomic E-state index is 12.0. The summed E-state index contributed by atoms with van der Waals surface area (Å²) in [7, 11) is 0. The van der Waals surface area contributed by atoms with Crippen molar-refractivity contribution in [2.24, 2.45) is 0 Å². The number of carbonyl (C=O) groups excluding carboxylic acids is 2. The smallest absolute Gasteiger partial charge is 0.330 e. The Morgan fingerprint density at radius 3 is 2.61 bits per heavy atom. The fraction of sp³-hybridized carbons (Fsp3) is 0.571. The monoisotopic (exact) mass is 326 g/mol. The number of carbonyl (C=O) groups is 2. The molecule has 9 heteroatoms. The summed E-state index contributed by atoms with van der Waals surface area (Å²) >= 11 is 0. The molecule has 1 aliphatic heterocycles. The van der Waals surface area contributed by atoms with Crippen LogP contribution in [0.2, 0.25) is 0 Å². The maximum atomic E-state index is 12.0. The predicted octanol–water partition coefficient (Wildman–Crippen LogP) is -0.373. The van der Waals surface area contributed by atoms with E-state index in [-0.39, 0.29) is 13.0 Å². The van der Waals surface area contributed by atoms with Crippen LogP contribution in [-0.4, -0.2) is 40.3 Å². The van der Waals surface area contributed by atoms with Gasteiger partial charge in [-0.3, -0.25) is 14.4 Å². The van der Waals surface area contributed by atoms with Crippen molar-refractivity contribution in [2.75, 3.05) is 6.61 Å². The van der Waals surface area contributed by atoms with Crippen molar-refractivity contribution >= 4 is 11.9 Å². The number of nitrogens with one attached hydrogen (secondary N) is 1. The minimum atomic E-state index is -0.906. The average Bonchev–Trinajstić information content (AvgIpc) is 2.77. The topological polar surface area (TPSA) is 117 Å². The zero-order valence-corrected chi connectivity index (χ0v) is 13.0. The highest BCUT2D eigenvalue weighted by Gasteiger charge is 2.40. The molecule has 0 aliphatic carbocycles. The Balaban J connectivity index is 2.25. The van der Waals surface area contributed by atoms with Gasteiger partial charge in [-0.25, -0.2) is 9.36 Å². The van der Waals surface area contributed by atoms with E-state index in [0.717, 1.165) is 4.57 Å². The van der Waals surface area contributed by atoms with E-state index >= 15 is 0 Å². The number of hydrogen-bond acceptors (Lipinski definition) is 7. The van der Waals surface area contributed by atoms with Crippen LogP contribution in [0.1, 0.15) is 32.2 Å². The molecule has 1 fully saturated rings. The molecule has 1 aromatic heterocycles. The van der Waals surface area contributed by atoms with Crippen LogP contribution in [0.15, 0.2) is 15.7 Å². The molecule has 23 heavy (non-hydrogen) atoms. The molecule has 2 heterocycles. The quantitative estimate of drug-likeness (QED) is 0.750. The van der Waals surface area contributed by atoms with Gasteiger partial charge < -0.3 is 19.2 Å². The highest BCUT2D eigenvalue weighted by molar-refractivity contribution is 5.66. The fourth-order valence-corrected chi connectivity index (χ4v) is 2.44. The van der Waals surface area contributed by atoms with E-state index in [4.69, 9.17) is 14.2 Å². The Labute approximate surface area is 131 Å². The van der Waals surface area contributed by atoms with Gasteiger partial charge in [0.05, 0.1) is 0 Å². The molecular formula is C14H18N2O7. The van der Waals surface area contributed by atoms with Crippen LogP contribution in [0.3, 0.4) is 0 Å². The van der Waals surface area contributed by atoms with E-state index < -0.39 is 41.6 Å². The minimum absolute atomic E-state index is 0.109. The van der Waals surface area contributed by atoms with Crippen molar-refractivity contribution in [1.29, 1.82) is 0 Å². The van der Waals surface area contributed by atoms with Gasteiger partial charge in [-0.05, 0) is 6.92 Å². The average molecular weight is 326 g/mol. The summed E-state index contributed by atoms with van der Waals surface area (Å²) < 4.78 is 16.5. The van der Waals surface area contributed by atoms with Crippen molar-refractivity contribution in [3.8, 4) is 0 Å². The molecule has 0 spiro atoms. The van der Waals surface area contributed by atoms with Crippen molar-refractivity contribution in [1.82, 2.24) is 9.55 Å². The van der Waals surface area contributed by atoms with Gasteiger partial charge in [-0.2, -0.15) is 0 Å². The third-order valence-corrected chi connectivity index (χ3v) is 3.34. The number of aryl methyl sites for hydroxylation is 1. The third kappa shape index (κ3) is 4.07. The van der Waals surface area contributed by atoms with Crippen LogP contribution in [0.4, 0.5) is 0 Å². The number of ether oxygens (including phenoxy) is 3. The molecule has 1 N–H and O–H groups in total. The molecule has 1 aliphatic rings. The van der Waals surface area contributed by atoms with Gasteiger partial charge in [-0.1, -0.05) is 0 Å². The fourth-order valence-electron chi connectivity index (χ4n) is 2.44. The lowest BCUT2D eigenvalue weighted by Crippen LogP contribution is -2.38. The van der Waals surface area contributed by atoms with Gasteiger partial charge in [-0.15, -0.1) is 0 Å². The predicted molar refractivity (Wildman–Crippen MR) is 76.8 cm³/mol. The molecule has 3 atom stereocenters. The van der Waals surface area contributed by atoms with Gasteiger partial charge >= 0.3 is 17.6 Å². The zero-order chi connectivity index (χ0) is 17.1. The molecule has 0 saturated carbocycles. The van der Waals surface area contributed by atoms with Crippen LogP contribution in [0.5, 0.6) is 0 Å². The van der Waals surface area contributed by atoms with Crippen LogP contribution in [0.25, 0.3) is 0 Å². The zero-order valence-electron chi connectivity index (χ0n) is 13.0. The van der Waals surface area contributed by atoms with Gasteiger partial charge in [0.15, 0.2) is 0 Å². The number of H-pyrrole nitrogens is 1. The van der Waals surface area contributed by atoms with Gasteiger partial charge in [0.25, 0.3) is 5.56 Å². The van der Waals surface area contributed by atoms with Gasteiger partial charge in [0, 0.05) is 32.0 Å². The van der Waals surface area contributed by atoms with Crippen molar-refractivity contribution < 1.29 is 23.8 Å². The molecule has 0 aromatic carbocycles. The first-order chi connectivity index (χ1) is 10.8. The van der Waals surface area contributed by atoms with Crippen LogP contribution >= 0.6 is 0 Å². The van der Waals surface area contributed by atoms with Crippen LogP contribution < -0.4 is 11.2 Å². The van der Waals surface area contributed by atoms with E-state index in [1.54, 1.807) is 6.92 Å². The highest BCUT2D eigenvalue weighted by atomic mass is 16.6. The molecule has 9 nitrogen and oxygen atoms in total. The second-order valence-corrected chi connectivity index (χ2v) is 5.28. The Bertz CT molecular complexity index is 689. The Kier molecular flexibility index (Phi) is 4.99. The summed E-state index contributed by atoms with van der Waals surface area (Å²) in [6, 6.07) is 1.27.